The number of halogens is 1. The Labute approximate surface area is 170 Å². The van der Waals surface area contributed by atoms with E-state index in [1.54, 1.807) is 24.3 Å². The lowest BCUT2D eigenvalue weighted by atomic mass is 10.1. The maximum absolute atomic E-state index is 13.3. The van der Waals surface area contributed by atoms with Gasteiger partial charge in [-0.15, -0.1) is 0 Å². The first kappa shape index (κ1) is 20.6. The molecule has 0 bridgehead atoms. The highest BCUT2D eigenvalue weighted by atomic mass is 35.5. The van der Waals surface area contributed by atoms with Gasteiger partial charge in [-0.1, -0.05) is 30.2 Å². The average Bonchev–Trinajstić information content (AvgIpc) is 2.69. The fourth-order valence-corrected chi connectivity index (χ4v) is 5.40. The summed E-state index contributed by atoms with van der Waals surface area (Å²) in [5, 5.41) is 3.11. The summed E-state index contributed by atoms with van der Waals surface area (Å²) in [6.07, 6.45) is 2.64. The van der Waals surface area contributed by atoms with Gasteiger partial charge in [-0.25, -0.2) is 8.42 Å². The van der Waals surface area contributed by atoms with E-state index in [2.05, 4.69) is 5.32 Å². The lowest BCUT2D eigenvalue weighted by Crippen LogP contribution is -2.42. The number of piperidine rings is 1. The van der Waals surface area contributed by atoms with Crippen molar-refractivity contribution in [2.45, 2.75) is 37.1 Å². The molecule has 0 unspecified atom stereocenters. The smallest absolute Gasteiger partial charge is 0.255 e. The van der Waals surface area contributed by atoms with Crippen LogP contribution in [0, 0.1) is 0 Å². The quantitative estimate of drug-likeness (QED) is 0.784. The number of anilines is 1. The van der Waals surface area contributed by atoms with Crippen LogP contribution < -0.4 is 10.1 Å². The van der Waals surface area contributed by atoms with Crippen LogP contribution in [0.25, 0.3) is 0 Å². The summed E-state index contributed by atoms with van der Waals surface area (Å²) in [6.45, 7) is 2.36. The second kappa shape index (κ2) is 8.51. The fraction of sp³-hybridized carbons (Fsp3) is 0.350. The number of benzene rings is 2. The minimum absolute atomic E-state index is 0.00411. The highest BCUT2D eigenvalue weighted by Gasteiger charge is 2.33. The number of hydrogen-bond donors (Lipinski definition) is 1. The van der Waals surface area contributed by atoms with Crippen LogP contribution in [-0.2, 0) is 10.0 Å². The Kier molecular flexibility index (Phi) is 6.27. The van der Waals surface area contributed by atoms with E-state index < -0.39 is 15.9 Å². The SMILES string of the molecule is COc1ccc(C(=O)Nc2ccccc2Cl)cc1S(=O)(=O)N1CCCC[C@H]1C. The van der Waals surface area contributed by atoms with E-state index in [0.29, 0.717) is 17.3 Å². The molecule has 6 nitrogen and oxygen atoms in total. The van der Waals surface area contributed by atoms with Crippen molar-refractivity contribution in [1.82, 2.24) is 4.31 Å². The molecule has 0 aliphatic carbocycles. The van der Waals surface area contributed by atoms with Gasteiger partial charge in [0.1, 0.15) is 10.6 Å². The minimum Gasteiger partial charge on any atom is -0.495 e. The summed E-state index contributed by atoms with van der Waals surface area (Å²) in [4.78, 5) is 12.7. The molecular weight excluding hydrogens is 400 g/mol. The molecule has 1 N–H and O–H groups in total. The van der Waals surface area contributed by atoms with Crippen molar-refractivity contribution in [2.75, 3.05) is 19.0 Å². The standard InChI is InChI=1S/C20H23ClN2O4S/c1-14-7-5-6-12-23(14)28(25,26)19-13-15(10-11-18(19)27-2)20(24)22-17-9-4-3-8-16(17)21/h3-4,8-11,13-14H,5-7,12H2,1-2H3,(H,22,24)/t14-/m1/s1. The molecule has 3 rings (SSSR count). The summed E-state index contributed by atoms with van der Waals surface area (Å²) < 4.78 is 33.3. The Morgan fingerprint density at radius 1 is 1.21 bits per heavy atom. The molecule has 1 saturated heterocycles. The second-order valence-electron chi connectivity index (χ2n) is 6.76. The van der Waals surface area contributed by atoms with Crippen LogP contribution in [0.5, 0.6) is 5.75 Å². The minimum atomic E-state index is -3.79. The van der Waals surface area contributed by atoms with E-state index in [9.17, 15) is 13.2 Å². The van der Waals surface area contributed by atoms with Crippen molar-refractivity contribution < 1.29 is 17.9 Å². The Morgan fingerprint density at radius 2 is 1.96 bits per heavy atom. The first-order valence-electron chi connectivity index (χ1n) is 9.10. The first-order chi connectivity index (χ1) is 13.3. The third-order valence-electron chi connectivity index (χ3n) is 4.88. The molecule has 0 radical (unpaired) electrons. The molecule has 8 heteroatoms. The van der Waals surface area contributed by atoms with E-state index in [-0.39, 0.29) is 22.3 Å². The monoisotopic (exact) mass is 422 g/mol. The largest absolute Gasteiger partial charge is 0.495 e. The van der Waals surface area contributed by atoms with E-state index in [1.165, 1.54) is 29.6 Å². The molecule has 0 saturated carbocycles. The highest BCUT2D eigenvalue weighted by molar-refractivity contribution is 7.89. The van der Waals surface area contributed by atoms with E-state index in [4.69, 9.17) is 16.3 Å². The Morgan fingerprint density at radius 3 is 2.64 bits per heavy atom. The molecular formula is C20H23ClN2O4S. The molecule has 0 aromatic heterocycles. The molecule has 1 heterocycles. The van der Waals surface area contributed by atoms with Crippen LogP contribution in [-0.4, -0.2) is 38.3 Å². The lowest BCUT2D eigenvalue weighted by Gasteiger charge is -2.32. The summed E-state index contributed by atoms with van der Waals surface area (Å²) in [5.74, 6) is -0.231. The van der Waals surface area contributed by atoms with Gasteiger partial charge in [0.2, 0.25) is 10.0 Å². The number of rotatable bonds is 5. The van der Waals surface area contributed by atoms with Crippen LogP contribution in [0.3, 0.4) is 0 Å². The number of amides is 1. The van der Waals surface area contributed by atoms with Gasteiger partial charge < -0.3 is 10.1 Å². The summed E-state index contributed by atoms with van der Waals surface area (Å²) in [7, 11) is -2.37. The van der Waals surface area contributed by atoms with Gasteiger partial charge >= 0.3 is 0 Å². The van der Waals surface area contributed by atoms with Crippen molar-refractivity contribution in [3.05, 3.63) is 53.1 Å². The second-order valence-corrected chi connectivity index (χ2v) is 9.03. The predicted octanol–water partition coefficient (Wildman–Crippen LogP) is 4.16. The normalized spacial score (nSPS) is 17.9. The maximum Gasteiger partial charge on any atom is 0.255 e. The van der Waals surface area contributed by atoms with E-state index in [1.807, 2.05) is 6.92 Å². The average molecular weight is 423 g/mol. The van der Waals surface area contributed by atoms with Crippen molar-refractivity contribution in [2.24, 2.45) is 0 Å². The van der Waals surface area contributed by atoms with Gasteiger partial charge in [-0.05, 0) is 50.1 Å². The third kappa shape index (κ3) is 4.16. The summed E-state index contributed by atoms with van der Waals surface area (Å²) in [6, 6.07) is 11.2. The number of para-hydroxylation sites is 1. The molecule has 0 spiro atoms. The van der Waals surface area contributed by atoms with Crippen molar-refractivity contribution in [3.63, 3.8) is 0 Å². The molecule has 1 amide bonds. The number of hydrogen-bond acceptors (Lipinski definition) is 4. The number of carbonyl (C=O) groups is 1. The molecule has 28 heavy (non-hydrogen) atoms. The van der Waals surface area contributed by atoms with Gasteiger partial charge in [0.05, 0.1) is 17.8 Å². The molecule has 2 aromatic carbocycles. The molecule has 1 fully saturated rings. The molecule has 1 aliphatic rings. The predicted molar refractivity (Wildman–Crippen MR) is 110 cm³/mol. The molecule has 1 aliphatic heterocycles. The van der Waals surface area contributed by atoms with Crippen LogP contribution in [0.15, 0.2) is 47.4 Å². The van der Waals surface area contributed by atoms with Crippen molar-refractivity contribution >= 4 is 33.2 Å². The van der Waals surface area contributed by atoms with Gasteiger partial charge in [-0.3, -0.25) is 4.79 Å². The van der Waals surface area contributed by atoms with Gasteiger partial charge in [0, 0.05) is 18.2 Å². The summed E-state index contributed by atoms with van der Waals surface area (Å²) >= 11 is 6.09. The third-order valence-corrected chi connectivity index (χ3v) is 7.24. The van der Waals surface area contributed by atoms with Crippen LogP contribution in [0.2, 0.25) is 5.02 Å². The van der Waals surface area contributed by atoms with Crippen LogP contribution in [0.1, 0.15) is 36.5 Å². The number of nitrogens with one attached hydrogen (secondary N) is 1. The Hall–Kier alpha value is -2.09. The van der Waals surface area contributed by atoms with Crippen molar-refractivity contribution in [1.29, 1.82) is 0 Å². The van der Waals surface area contributed by atoms with Gasteiger partial charge in [-0.2, -0.15) is 4.31 Å². The van der Waals surface area contributed by atoms with Crippen LogP contribution >= 0.6 is 11.6 Å². The number of nitrogens with zero attached hydrogens (tertiary/aromatic N) is 1. The zero-order valence-electron chi connectivity index (χ0n) is 15.8. The zero-order valence-corrected chi connectivity index (χ0v) is 17.4. The Bertz CT molecular complexity index is 978. The van der Waals surface area contributed by atoms with Crippen molar-refractivity contribution in [3.8, 4) is 5.75 Å². The van der Waals surface area contributed by atoms with Gasteiger partial charge in [0.15, 0.2) is 0 Å². The lowest BCUT2D eigenvalue weighted by molar-refractivity contribution is 0.102. The fourth-order valence-electron chi connectivity index (χ4n) is 3.33. The van der Waals surface area contributed by atoms with E-state index >= 15 is 0 Å². The number of methoxy groups -OCH3 is 1. The zero-order chi connectivity index (χ0) is 20.3. The highest BCUT2D eigenvalue weighted by Crippen LogP contribution is 2.32. The van der Waals surface area contributed by atoms with Crippen LogP contribution in [0.4, 0.5) is 5.69 Å². The van der Waals surface area contributed by atoms with Gasteiger partial charge in [0.25, 0.3) is 5.91 Å². The number of sulfonamides is 1. The maximum atomic E-state index is 13.3. The Balaban J connectivity index is 1.96. The summed E-state index contributed by atoms with van der Waals surface area (Å²) in [5.41, 5.74) is 0.669. The first-order valence-corrected chi connectivity index (χ1v) is 10.9. The molecule has 1 atom stereocenters. The number of carbonyl (C=O) groups excluding carboxylic acids is 1. The van der Waals surface area contributed by atoms with E-state index in [0.717, 1.165) is 19.3 Å². The number of ether oxygens (including phenoxy) is 1. The molecule has 2 aromatic rings. The topological polar surface area (TPSA) is 75.7 Å². The molecule has 150 valence electrons.